The molecule has 4 rings (SSSR count). The van der Waals surface area contributed by atoms with Crippen molar-refractivity contribution in [1.82, 2.24) is 15.0 Å². The van der Waals surface area contributed by atoms with Crippen molar-refractivity contribution in [2.45, 2.75) is 47.1 Å². The smallest absolute Gasteiger partial charge is 0.133 e. The molecule has 0 spiro atoms. The van der Waals surface area contributed by atoms with Crippen LogP contribution in [0.25, 0.3) is 11.4 Å². The summed E-state index contributed by atoms with van der Waals surface area (Å²) in [6.07, 6.45) is 5.81. The van der Waals surface area contributed by atoms with Gasteiger partial charge in [-0.25, -0.2) is 9.97 Å². The largest absolute Gasteiger partial charge is 0.488 e. The van der Waals surface area contributed by atoms with Gasteiger partial charge in [0.2, 0.25) is 0 Å². The maximum Gasteiger partial charge on any atom is 0.133 e. The van der Waals surface area contributed by atoms with E-state index in [2.05, 4.69) is 102 Å². The summed E-state index contributed by atoms with van der Waals surface area (Å²) in [6, 6.07) is 12.4. The molecule has 3 heterocycles. The number of allylic oxidation sites excluding steroid dienone is 2. The van der Waals surface area contributed by atoms with Crippen LogP contribution in [0.4, 0.5) is 5.69 Å². The quantitative estimate of drug-likeness (QED) is 0.368. The Labute approximate surface area is 204 Å². The Bertz CT molecular complexity index is 1230. The predicted molar refractivity (Wildman–Crippen MR) is 137 cm³/mol. The highest BCUT2D eigenvalue weighted by molar-refractivity contribution is 9.11. The average molecular weight is 505 g/mol. The first kappa shape index (κ1) is 23.2. The fourth-order valence-electron chi connectivity index (χ4n) is 3.78. The van der Waals surface area contributed by atoms with Crippen molar-refractivity contribution in [2.75, 3.05) is 11.4 Å². The van der Waals surface area contributed by atoms with Gasteiger partial charge in [-0.3, -0.25) is 4.98 Å². The molecule has 0 saturated heterocycles. The number of aromatic nitrogens is 3. The lowest BCUT2D eigenvalue weighted by molar-refractivity contribution is 0.208. The molecule has 5 nitrogen and oxygen atoms in total. The number of pyridine rings is 1. The van der Waals surface area contributed by atoms with Gasteiger partial charge in [0.05, 0.1) is 22.4 Å². The van der Waals surface area contributed by atoms with Crippen LogP contribution in [0.1, 0.15) is 49.2 Å². The Kier molecular flexibility index (Phi) is 6.94. The van der Waals surface area contributed by atoms with Crippen molar-refractivity contribution in [3.8, 4) is 11.4 Å². The highest BCUT2D eigenvalue weighted by atomic mass is 79.9. The molecule has 0 N–H and O–H groups in total. The molecule has 33 heavy (non-hydrogen) atoms. The second kappa shape index (κ2) is 9.87. The summed E-state index contributed by atoms with van der Waals surface area (Å²) in [5.74, 6) is 1.96. The van der Waals surface area contributed by atoms with Gasteiger partial charge in [-0.15, -0.1) is 0 Å². The summed E-state index contributed by atoms with van der Waals surface area (Å²) in [4.78, 5) is 16.0. The van der Waals surface area contributed by atoms with Crippen molar-refractivity contribution < 1.29 is 4.74 Å². The summed E-state index contributed by atoms with van der Waals surface area (Å²) in [5.41, 5.74) is 7.40. The summed E-state index contributed by atoms with van der Waals surface area (Å²) >= 11 is 3.75. The van der Waals surface area contributed by atoms with Crippen molar-refractivity contribution in [3.05, 3.63) is 93.3 Å². The molecule has 2 aromatic heterocycles. The summed E-state index contributed by atoms with van der Waals surface area (Å²) in [6.45, 7) is 11.7. The maximum atomic E-state index is 6.15. The second-order valence-corrected chi connectivity index (χ2v) is 9.69. The van der Waals surface area contributed by atoms with Crippen LogP contribution in [0.5, 0.6) is 0 Å². The molecule has 0 bridgehead atoms. The van der Waals surface area contributed by atoms with E-state index in [1.54, 1.807) is 0 Å². The molecule has 1 aliphatic rings. The molecule has 0 radical (unpaired) electrons. The van der Waals surface area contributed by atoms with Crippen LogP contribution >= 0.6 is 15.9 Å². The van der Waals surface area contributed by atoms with Crippen LogP contribution < -0.4 is 4.90 Å². The fourth-order valence-corrected chi connectivity index (χ4v) is 4.26. The Morgan fingerprint density at radius 2 is 1.88 bits per heavy atom. The van der Waals surface area contributed by atoms with Crippen LogP contribution in [0.15, 0.2) is 70.8 Å². The van der Waals surface area contributed by atoms with Crippen LogP contribution in [0, 0.1) is 13.8 Å². The highest BCUT2D eigenvalue weighted by Crippen LogP contribution is 2.33. The molecular formula is C27H29BrN4O. The number of ether oxygens (including phenoxy) is 1. The minimum atomic E-state index is 0.265. The molecular weight excluding hydrogens is 476 g/mol. The van der Waals surface area contributed by atoms with E-state index >= 15 is 0 Å². The molecule has 3 aromatic rings. The van der Waals surface area contributed by atoms with Gasteiger partial charge in [-0.1, -0.05) is 43.7 Å². The monoisotopic (exact) mass is 504 g/mol. The molecule has 0 aliphatic carbocycles. The van der Waals surface area contributed by atoms with Gasteiger partial charge in [0.1, 0.15) is 18.2 Å². The summed E-state index contributed by atoms with van der Waals surface area (Å²) in [5, 5.41) is 0. The van der Waals surface area contributed by atoms with E-state index in [4.69, 9.17) is 9.72 Å². The van der Waals surface area contributed by atoms with Gasteiger partial charge < -0.3 is 9.64 Å². The molecule has 0 unspecified atom stereocenters. The van der Waals surface area contributed by atoms with E-state index in [9.17, 15) is 0 Å². The number of benzene rings is 1. The Hall–Kier alpha value is -2.99. The molecule has 0 saturated carbocycles. The van der Waals surface area contributed by atoms with Crippen LogP contribution in [0.2, 0.25) is 0 Å². The second-order valence-electron chi connectivity index (χ2n) is 8.73. The van der Waals surface area contributed by atoms with Gasteiger partial charge in [0.15, 0.2) is 0 Å². The minimum absolute atomic E-state index is 0.265. The first-order valence-electron chi connectivity index (χ1n) is 11.1. The molecule has 170 valence electrons. The van der Waals surface area contributed by atoms with E-state index in [0.717, 1.165) is 50.0 Å². The molecule has 1 aliphatic heterocycles. The lowest BCUT2D eigenvalue weighted by Gasteiger charge is -2.31. The zero-order valence-corrected chi connectivity index (χ0v) is 21.3. The van der Waals surface area contributed by atoms with E-state index in [1.807, 2.05) is 18.5 Å². The highest BCUT2D eigenvalue weighted by Gasteiger charge is 2.21. The van der Waals surface area contributed by atoms with Crippen LogP contribution in [-0.2, 0) is 11.3 Å². The lowest BCUT2D eigenvalue weighted by Crippen LogP contribution is -2.27. The SMILES string of the molecule is CC1=CC(OCc2cccc(C)c2)=C(Br)CN1c1cc(-c2ccnc(C(C)C)n2)ncc1C. The zero-order chi connectivity index (χ0) is 23.5. The Balaban J connectivity index is 1.57. The van der Waals surface area contributed by atoms with E-state index in [0.29, 0.717) is 13.2 Å². The van der Waals surface area contributed by atoms with E-state index in [-0.39, 0.29) is 5.92 Å². The van der Waals surface area contributed by atoms with Gasteiger partial charge in [0, 0.05) is 35.8 Å². The van der Waals surface area contributed by atoms with Crippen molar-refractivity contribution >= 4 is 21.6 Å². The summed E-state index contributed by atoms with van der Waals surface area (Å²) in [7, 11) is 0. The number of hydrogen-bond acceptors (Lipinski definition) is 5. The topological polar surface area (TPSA) is 51.1 Å². The number of rotatable bonds is 6. The first-order chi connectivity index (χ1) is 15.8. The van der Waals surface area contributed by atoms with Gasteiger partial charge >= 0.3 is 0 Å². The Morgan fingerprint density at radius 1 is 1.06 bits per heavy atom. The van der Waals surface area contributed by atoms with Gasteiger partial charge in [0.25, 0.3) is 0 Å². The normalized spacial score (nSPS) is 14.0. The average Bonchev–Trinajstić information content (AvgIpc) is 2.80. The molecule has 1 aromatic carbocycles. The van der Waals surface area contributed by atoms with Gasteiger partial charge in [-0.2, -0.15) is 0 Å². The van der Waals surface area contributed by atoms with Crippen molar-refractivity contribution in [1.29, 1.82) is 0 Å². The third kappa shape index (κ3) is 5.33. The number of halogens is 1. The predicted octanol–water partition coefficient (Wildman–Crippen LogP) is 6.83. The van der Waals surface area contributed by atoms with Crippen molar-refractivity contribution in [3.63, 3.8) is 0 Å². The standard InChI is InChI=1S/C27H29BrN4O/c1-17(2)27-29-10-9-23(31-27)24-13-25(19(4)14-30-24)32-15-22(28)26(12-20(32)5)33-16-21-8-6-7-18(3)11-21/h6-14,17H,15-16H2,1-5H3. The van der Waals surface area contributed by atoms with E-state index < -0.39 is 0 Å². The molecule has 0 fully saturated rings. The number of nitrogens with zero attached hydrogens (tertiary/aromatic N) is 4. The van der Waals surface area contributed by atoms with E-state index in [1.165, 1.54) is 5.56 Å². The number of hydrogen-bond donors (Lipinski definition) is 0. The lowest BCUT2D eigenvalue weighted by atomic mass is 10.1. The van der Waals surface area contributed by atoms with Crippen LogP contribution in [-0.4, -0.2) is 21.5 Å². The third-order valence-corrected chi connectivity index (χ3v) is 6.27. The zero-order valence-electron chi connectivity index (χ0n) is 19.8. The first-order valence-corrected chi connectivity index (χ1v) is 11.9. The Morgan fingerprint density at radius 3 is 2.64 bits per heavy atom. The molecule has 6 heteroatoms. The minimum Gasteiger partial charge on any atom is -0.488 e. The number of anilines is 1. The number of aryl methyl sites for hydroxylation is 2. The van der Waals surface area contributed by atoms with Gasteiger partial charge in [-0.05, 0) is 60.0 Å². The fraction of sp³-hybridized carbons (Fsp3) is 0.296. The molecule has 0 amide bonds. The maximum absolute atomic E-state index is 6.15. The molecule has 0 atom stereocenters. The third-order valence-electron chi connectivity index (χ3n) is 5.63. The van der Waals surface area contributed by atoms with Crippen molar-refractivity contribution in [2.24, 2.45) is 0 Å². The summed E-state index contributed by atoms with van der Waals surface area (Å²) < 4.78 is 7.17. The van der Waals surface area contributed by atoms with Crippen LogP contribution in [0.3, 0.4) is 0 Å².